The van der Waals surface area contributed by atoms with Crippen molar-refractivity contribution < 1.29 is 4.79 Å². The maximum Gasteiger partial charge on any atom is 0.253 e. The molecule has 1 atom stereocenters. The first kappa shape index (κ1) is 22.3. The number of para-hydroxylation sites is 1. The number of hydrogen-bond donors (Lipinski definition) is 1. The van der Waals surface area contributed by atoms with E-state index in [-0.39, 0.29) is 5.91 Å². The van der Waals surface area contributed by atoms with E-state index in [2.05, 4.69) is 76.4 Å². The summed E-state index contributed by atoms with van der Waals surface area (Å²) in [5.74, 6) is 0.888. The Bertz CT molecular complexity index is 1380. The van der Waals surface area contributed by atoms with Gasteiger partial charge in [-0.15, -0.1) is 0 Å². The van der Waals surface area contributed by atoms with Crippen LogP contribution in [0.4, 0.5) is 0 Å². The molecule has 176 valence electrons. The molecule has 1 fully saturated rings. The van der Waals surface area contributed by atoms with Crippen molar-refractivity contribution in [2.75, 3.05) is 13.1 Å². The molecule has 2 aromatic carbocycles. The summed E-state index contributed by atoms with van der Waals surface area (Å²) in [5.41, 5.74) is 7.98. The standard InChI is InChI=1S/C30H28BrN3O/c1-19-5-4-7-23-18-26(33-29(28(19)23)27-17-22-6-2-3-8-25(22)32-27)20-13-15-34(16-14-20)30(35)21-9-11-24(31)12-10-21/h2-12,17,20,23,32H,13-16,18H2,1H3. The average Bonchev–Trinajstić information content (AvgIpc) is 3.33. The maximum absolute atomic E-state index is 13.0. The normalized spacial score (nSPS) is 20.6. The van der Waals surface area contributed by atoms with Gasteiger partial charge in [0.2, 0.25) is 0 Å². The van der Waals surface area contributed by atoms with Crippen LogP contribution in [-0.4, -0.2) is 34.6 Å². The van der Waals surface area contributed by atoms with Crippen LogP contribution in [0.3, 0.4) is 0 Å². The van der Waals surface area contributed by atoms with Crippen LogP contribution < -0.4 is 0 Å². The van der Waals surface area contributed by atoms with Gasteiger partial charge in [0.15, 0.2) is 0 Å². The first-order chi connectivity index (χ1) is 17.1. The first-order valence-corrected chi connectivity index (χ1v) is 13.2. The van der Waals surface area contributed by atoms with Crippen LogP contribution in [0.25, 0.3) is 16.6 Å². The third kappa shape index (κ3) is 4.23. The van der Waals surface area contributed by atoms with Crippen molar-refractivity contribution >= 4 is 44.1 Å². The van der Waals surface area contributed by atoms with Gasteiger partial charge in [-0.05, 0) is 73.7 Å². The number of aromatic nitrogens is 1. The van der Waals surface area contributed by atoms with Gasteiger partial charge >= 0.3 is 0 Å². The number of hydrogen-bond acceptors (Lipinski definition) is 2. The molecule has 1 N–H and O–H groups in total. The number of aliphatic imine (C=N–C) groups is 1. The Balaban J connectivity index is 1.27. The summed E-state index contributed by atoms with van der Waals surface area (Å²) in [7, 11) is 0. The van der Waals surface area contributed by atoms with Crippen molar-refractivity contribution in [2.24, 2.45) is 16.8 Å². The summed E-state index contributed by atoms with van der Waals surface area (Å²) in [6.07, 6.45) is 9.59. The molecule has 1 aliphatic carbocycles. The number of halogens is 1. The van der Waals surface area contributed by atoms with E-state index in [0.29, 0.717) is 11.8 Å². The van der Waals surface area contributed by atoms with E-state index in [0.717, 1.165) is 59.3 Å². The highest BCUT2D eigenvalue weighted by molar-refractivity contribution is 9.10. The number of nitrogens with zero attached hydrogens (tertiary/aromatic N) is 2. The number of benzene rings is 2. The summed E-state index contributed by atoms with van der Waals surface area (Å²) >= 11 is 3.45. The van der Waals surface area contributed by atoms with Crippen LogP contribution >= 0.6 is 15.9 Å². The number of carbonyl (C=O) groups excluding carboxylic acids is 1. The number of aromatic amines is 1. The summed E-state index contributed by atoms with van der Waals surface area (Å²) in [4.78, 5) is 23.9. The lowest BCUT2D eigenvalue weighted by Gasteiger charge is -2.36. The molecule has 2 aliphatic heterocycles. The van der Waals surface area contributed by atoms with E-state index in [1.54, 1.807) is 0 Å². The molecular weight excluding hydrogens is 498 g/mol. The van der Waals surface area contributed by atoms with Crippen molar-refractivity contribution in [1.82, 2.24) is 9.88 Å². The van der Waals surface area contributed by atoms with Gasteiger partial charge in [-0.3, -0.25) is 9.79 Å². The molecule has 1 saturated heterocycles. The molecular formula is C30H28BrN3O. The molecule has 0 saturated carbocycles. The fraction of sp³-hybridized carbons (Fsp3) is 0.267. The van der Waals surface area contributed by atoms with E-state index >= 15 is 0 Å². The summed E-state index contributed by atoms with van der Waals surface area (Å²) in [6, 6.07) is 18.3. The molecule has 5 heteroatoms. The lowest BCUT2D eigenvalue weighted by atomic mass is 9.77. The molecule has 3 aromatic rings. The number of amides is 1. The van der Waals surface area contributed by atoms with E-state index in [9.17, 15) is 4.79 Å². The number of likely N-dealkylation sites (tertiary alicyclic amines) is 1. The number of nitrogens with one attached hydrogen (secondary N) is 1. The Kier molecular flexibility index (Phi) is 5.81. The minimum Gasteiger partial charge on any atom is -0.353 e. The monoisotopic (exact) mass is 525 g/mol. The predicted molar refractivity (Wildman–Crippen MR) is 146 cm³/mol. The zero-order valence-corrected chi connectivity index (χ0v) is 21.4. The fourth-order valence-corrected chi connectivity index (χ4v) is 5.94. The summed E-state index contributed by atoms with van der Waals surface area (Å²) < 4.78 is 0.989. The lowest BCUT2D eigenvalue weighted by molar-refractivity contribution is 0.0709. The zero-order valence-electron chi connectivity index (χ0n) is 19.8. The van der Waals surface area contributed by atoms with Gasteiger partial charge in [-0.1, -0.05) is 52.4 Å². The highest BCUT2D eigenvalue weighted by Gasteiger charge is 2.33. The van der Waals surface area contributed by atoms with Gasteiger partial charge in [0, 0.05) is 51.6 Å². The molecule has 0 spiro atoms. The van der Waals surface area contributed by atoms with Gasteiger partial charge in [0.05, 0.1) is 11.4 Å². The SMILES string of the molecule is CC1=CC=CC2CC(C3CCN(C(=O)c4ccc(Br)cc4)CC3)=NC(c3cc4ccccc4[nH]3)=C12. The minimum atomic E-state index is 0.124. The van der Waals surface area contributed by atoms with Gasteiger partial charge in [0.1, 0.15) is 0 Å². The molecule has 6 rings (SSSR count). The average molecular weight is 526 g/mol. The van der Waals surface area contributed by atoms with Crippen molar-refractivity contribution in [3.8, 4) is 0 Å². The van der Waals surface area contributed by atoms with Crippen LogP contribution in [0, 0.1) is 11.8 Å². The predicted octanol–water partition coefficient (Wildman–Crippen LogP) is 7.17. The molecule has 1 amide bonds. The summed E-state index contributed by atoms with van der Waals surface area (Å²) in [6.45, 7) is 3.74. The number of H-pyrrole nitrogens is 1. The molecule has 3 heterocycles. The van der Waals surface area contributed by atoms with E-state index in [1.807, 2.05) is 29.2 Å². The molecule has 1 unspecified atom stereocenters. The second kappa shape index (κ2) is 9.12. The van der Waals surface area contributed by atoms with Gasteiger partial charge in [0.25, 0.3) is 5.91 Å². The van der Waals surface area contributed by atoms with E-state index in [4.69, 9.17) is 4.99 Å². The van der Waals surface area contributed by atoms with Crippen molar-refractivity contribution in [1.29, 1.82) is 0 Å². The Morgan fingerprint density at radius 2 is 1.86 bits per heavy atom. The second-order valence-electron chi connectivity index (χ2n) is 9.75. The maximum atomic E-state index is 13.0. The summed E-state index contributed by atoms with van der Waals surface area (Å²) in [5, 5.41) is 1.21. The van der Waals surface area contributed by atoms with Crippen molar-refractivity contribution in [3.05, 3.63) is 99.7 Å². The Hall–Kier alpha value is -3.18. The van der Waals surface area contributed by atoms with Gasteiger partial charge in [-0.25, -0.2) is 0 Å². The van der Waals surface area contributed by atoms with E-state index < -0.39 is 0 Å². The topological polar surface area (TPSA) is 48.5 Å². The number of fused-ring (bicyclic) bond motifs is 2. The van der Waals surface area contributed by atoms with Crippen LogP contribution in [0.15, 0.2) is 93.4 Å². The highest BCUT2D eigenvalue weighted by Crippen LogP contribution is 2.41. The molecule has 0 radical (unpaired) electrons. The Morgan fingerprint density at radius 3 is 2.63 bits per heavy atom. The van der Waals surface area contributed by atoms with Gasteiger partial charge < -0.3 is 9.88 Å². The molecule has 1 aromatic heterocycles. The molecule has 0 bridgehead atoms. The largest absolute Gasteiger partial charge is 0.353 e. The lowest BCUT2D eigenvalue weighted by Crippen LogP contribution is -2.41. The second-order valence-corrected chi connectivity index (χ2v) is 10.7. The van der Waals surface area contributed by atoms with Gasteiger partial charge in [-0.2, -0.15) is 0 Å². The van der Waals surface area contributed by atoms with Crippen LogP contribution in [0.2, 0.25) is 0 Å². The number of allylic oxidation sites excluding steroid dienone is 5. The molecule has 4 nitrogen and oxygen atoms in total. The third-order valence-corrected chi connectivity index (χ3v) is 8.08. The molecule has 3 aliphatic rings. The number of piperidine rings is 1. The Labute approximate surface area is 214 Å². The van der Waals surface area contributed by atoms with Crippen LogP contribution in [-0.2, 0) is 0 Å². The van der Waals surface area contributed by atoms with Crippen molar-refractivity contribution in [2.45, 2.75) is 26.2 Å². The third-order valence-electron chi connectivity index (χ3n) is 7.55. The highest BCUT2D eigenvalue weighted by atomic mass is 79.9. The fourth-order valence-electron chi connectivity index (χ4n) is 5.67. The zero-order chi connectivity index (χ0) is 23.9. The Morgan fingerprint density at radius 1 is 1.09 bits per heavy atom. The minimum absolute atomic E-state index is 0.124. The van der Waals surface area contributed by atoms with Crippen LogP contribution in [0.1, 0.15) is 42.2 Å². The smallest absolute Gasteiger partial charge is 0.253 e. The first-order valence-electron chi connectivity index (χ1n) is 12.4. The van der Waals surface area contributed by atoms with E-state index in [1.165, 1.54) is 22.2 Å². The van der Waals surface area contributed by atoms with Crippen LogP contribution in [0.5, 0.6) is 0 Å². The quantitative estimate of drug-likeness (QED) is 0.387. The number of carbonyl (C=O) groups is 1. The van der Waals surface area contributed by atoms with Crippen molar-refractivity contribution in [3.63, 3.8) is 0 Å². The molecule has 35 heavy (non-hydrogen) atoms. The number of rotatable bonds is 3.